The highest BCUT2D eigenvalue weighted by Crippen LogP contribution is 2.22. The van der Waals surface area contributed by atoms with Gasteiger partial charge >= 0.3 is 0 Å². The summed E-state index contributed by atoms with van der Waals surface area (Å²) in [6.07, 6.45) is 1.14. The maximum absolute atomic E-state index is 12.7. The van der Waals surface area contributed by atoms with Crippen LogP contribution in [0.1, 0.15) is 23.3 Å². The number of carbonyl (C=O) groups excluding carboxylic acids is 2. The molecule has 0 saturated carbocycles. The first kappa shape index (κ1) is 19.2. The molecule has 27 heavy (non-hydrogen) atoms. The van der Waals surface area contributed by atoms with Gasteiger partial charge in [0.1, 0.15) is 11.4 Å². The Hall–Kier alpha value is -2.58. The monoisotopic (exact) mass is 374 g/mol. The van der Waals surface area contributed by atoms with Gasteiger partial charge in [-0.1, -0.05) is 0 Å². The second kappa shape index (κ2) is 8.41. The minimum atomic E-state index is -0.293. The van der Waals surface area contributed by atoms with Gasteiger partial charge in [-0.3, -0.25) is 14.5 Å². The number of benzene rings is 1. The van der Waals surface area contributed by atoms with Crippen LogP contribution in [-0.4, -0.2) is 72.7 Å². The van der Waals surface area contributed by atoms with Crippen LogP contribution in [0.2, 0.25) is 0 Å². The number of nitrogens with one attached hydrogen (secondary N) is 3. The molecule has 0 radical (unpaired) electrons. The standard InChI is InChI=1S/C19H26N4O4/c1-20-19(26)17-10-13(11-23(17)6-3-7-24)21-18(25)16-9-12-8-14(27-2)4-5-15(12)22-16/h4-5,8-9,13,17,22,24H,3,6-7,10-11H2,1-2H3,(H,20,26)(H,21,25)/t13-,17+/m1/s1. The number of hydrogen-bond acceptors (Lipinski definition) is 5. The molecule has 146 valence electrons. The van der Waals surface area contributed by atoms with E-state index in [4.69, 9.17) is 9.84 Å². The number of amides is 2. The van der Waals surface area contributed by atoms with Crippen LogP contribution < -0.4 is 15.4 Å². The third-order valence-electron chi connectivity index (χ3n) is 4.96. The average molecular weight is 374 g/mol. The van der Waals surface area contributed by atoms with Crippen molar-refractivity contribution in [3.05, 3.63) is 30.0 Å². The van der Waals surface area contributed by atoms with Gasteiger partial charge in [-0.15, -0.1) is 0 Å². The number of methoxy groups -OCH3 is 1. The van der Waals surface area contributed by atoms with Crippen molar-refractivity contribution in [1.82, 2.24) is 20.5 Å². The lowest BCUT2D eigenvalue weighted by molar-refractivity contribution is -0.125. The van der Waals surface area contributed by atoms with Gasteiger partial charge in [-0.05, 0) is 37.1 Å². The Balaban J connectivity index is 1.69. The molecule has 0 unspecified atom stereocenters. The largest absolute Gasteiger partial charge is 0.497 e. The van der Waals surface area contributed by atoms with Crippen LogP contribution in [0.3, 0.4) is 0 Å². The van der Waals surface area contributed by atoms with Crippen molar-refractivity contribution in [2.45, 2.75) is 24.9 Å². The van der Waals surface area contributed by atoms with Crippen LogP contribution in [0.15, 0.2) is 24.3 Å². The van der Waals surface area contributed by atoms with Crippen LogP contribution in [0.25, 0.3) is 10.9 Å². The molecular weight excluding hydrogens is 348 g/mol. The fourth-order valence-corrected chi connectivity index (χ4v) is 3.59. The molecule has 8 heteroatoms. The molecule has 2 aromatic rings. The number of hydrogen-bond donors (Lipinski definition) is 4. The minimum Gasteiger partial charge on any atom is -0.497 e. The number of carbonyl (C=O) groups is 2. The molecule has 1 fully saturated rings. The first-order valence-electron chi connectivity index (χ1n) is 9.09. The lowest BCUT2D eigenvalue weighted by Crippen LogP contribution is -2.42. The summed E-state index contributed by atoms with van der Waals surface area (Å²) in [5, 5.41) is 15.7. The number of aromatic nitrogens is 1. The number of likely N-dealkylation sites (N-methyl/N-ethyl adjacent to an activating group) is 1. The summed E-state index contributed by atoms with van der Waals surface area (Å²) in [5.74, 6) is 0.467. The normalized spacial score (nSPS) is 20.0. The summed E-state index contributed by atoms with van der Waals surface area (Å²) >= 11 is 0. The first-order valence-corrected chi connectivity index (χ1v) is 9.09. The zero-order valence-electron chi connectivity index (χ0n) is 15.6. The average Bonchev–Trinajstić information content (AvgIpc) is 3.28. The fraction of sp³-hybridized carbons (Fsp3) is 0.474. The second-order valence-electron chi connectivity index (χ2n) is 6.74. The number of H-pyrrole nitrogens is 1. The molecule has 1 saturated heterocycles. The number of likely N-dealkylation sites (tertiary alicyclic amines) is 1. The van der Waals surface area contributed by atoms with E-state index in [2.05, 4.69) is 15.6 Å². The molecule has 3 rings (SSSR count). The highest BCUT2D eigenvalue weighted by molar-refractivity contribution is 5.98. The minimum absolute atomic E-state index is 0.0672. The smallest absolute Gasteiger partial charge is 0.267 e. The maximum Gasteiger partial charge on any atom is 0.267 e. The molecule has 0 spiro atoms. The van der Waals surface area contributed by atoms with Gasteiger partial charge in [-0.2, -0.15) is 0 Å². The zero-order valence-corrected chi connectivity index (χ0v) is 15.6. The van der Waals surface area contributed by atoms with E-state index in [9.17, 15) is 9.59 Å². The molecule has 1 aliphatic rings. The van der Waals surface area contributed by atoms with E-state index in [0.717, 1.165) is 16.7 Å². The molecule has 0 aliphatic carbocycles. The van der Waals surface area contributed by atoms with Crippen LogP contribution in [-0.2, 0) is 4.79 Å². The topological polar surface area (TPSA) is 107 Å². The number of rotatable bonds is 7. The van der Waals surface area contributed by atoms with Gasteiger partial charge in [0.15, 0.2) is 0 Å². The van der Waals surface area contributed by atoms with E-state index in [-0.39, 0.29) is 30.5 Å². The van der Waals surface area contributed by atoms with Crippen LogP contribution >= 0.6 is 0 Å². The van der Waals surface area contributed by atoms with E-state index in [1.54, 1.807) is 20.2 Å². The molecule has 2 atom stereocenters. The first-order chi connectivity index (χ1) is 13.0. The summed E-state index contributed by atoms with van der Waals surface area (Å²) in [6.45, 7) is 1.28. The Labute approximate surface area is 157 Å². The summed E-state index contributed by atoms with van der Waals surface area (Å²) < 4.78 is 5.21. The molecule has 0 bridgehead atoms. The maximum atomic E-state index is 12.7. The van der Waals surface area contributed by atoms with E-state index >= 15 is 0 Å². The van der Waals surface area contributed by atoms with Crippen molar-refractivity contribution in [2.75, 3.05) is 33.9 Å². The molecule has 8 nitrogen and oxygen atoms in total. The molecule has 1 aromatic heterocycles. The predicted molar refractivity (Wildman–Crippen MR) is 102 cm³/mol. The second-order valence-corrected chi connectivity index (χ2v) is 6.74. The molecule has 4 N–H and O–H groups in total. The quantitative estimate of drug-likeness (QED) is 0.564. The number of aromatic amines is 1. The highest BCUT2D eigenvalue weighted by Gasteiger charge is 2.36. The Kier molecular flexibility index (Phi) is 5.98. The molecule has 2 heterocycles. The third kappa shape index (κ3) is 4.23. The Bertz CT molecular complexity index is 819. The van der Waals surface area contributed by atoms with Gasteiger partial charge in [-0.25, -0.2) is 0 Å². The summed E-state index contributed by atoms with van der Waals surface area (Å²) in [4.78, 5) is 29.9. The van der Waals surface area contributed by atoms with Crippen molar-refractivity contribution in [1.29, 1.82) is 0 Å². The Morgan fingerprint density at radius 2 is 2.19 bits per heavy atom. The number of fused-ring (bicyclic) bond motifs is 1. The van der Waals surface area contributed by atoms with Crippen molar-refractivity contribution >= 4 is 22.7 Å². The molecular formula is C19H26N4O4. The number of nitrogens with zero attached hydrogens (tertiary/aromatic N) is 1. The number of aliphatic hydroxyl groups excluding tert-OH is 1. The van der Waals surface area contributed by atoms with Crippen molar-refractivity contribution < 1.29 is 19.4 Å². The predicted octanol–water partition coefficient (Wildman–Crippen LogP) is 0.478. The van der Waals surface area contributed by atoms with Gasteiger partial charge in [0, 0.05) is 43.7 Å². The Morgan fingerprint density at radius 1 is 1.37 bits per heavy atom. The molecule has 1 aromatic carbocycles. The highest BCUT2D eigenvalue weighted by atomic mass is 16.5. The summed E-state index contributed by atoms with van der Waals surface area (Å²) in [6, 6.07) is 6.96. The van der Waals surface area contributed by atoms with E-state index in [1.807, 2.05) is 23.1 Å². The van der Waals surface area contributed by atoms with Crippen LogP contribution in [0.5, 0.6) is 5.75 Å². The Morgan fingerprint density at radius 3 is 2.89 bits per heavy atom. The lowest BCUT2D eigenvalue weighted by Gasteiger charge is -2.22. The SMILES string of the molecule is CNC(=O)[C@@H]1C[C@@H](NC(=O)c2cc3cc(OC)ccc3[nH]2)CN1CCCO. The van der Waals surface area contributed by atoms with Crippen molar-refractivity contribution in [3.8, 4) is 5.75 Å². The van der Waals surface area contributed by atoms with Crippen LogP contribution in [0.4, 0.5) is 0 Å². The van der Waals surface area contributed by atoms with Gasteiger partial charge < -0.3 is 25.5 Å². The van der Waals surface area contributed by atoms with Gasteiger partial charge in [0.25, 0.3) is 5.91 Å². The van der Waals surface area contributed by atoms with Gasteiger partial charge in [0.2, 0.25) is 5.91 Å². The lowest BCUT2D eigenvalue weighted by atomic mass is 10.1. The van der Waals surface area contributed by atoms with E-state index in [1.165, 1.54) is 0 Å². The number of ether oxygens (including phenoxy) is 1. The molecule has 2 amide bonds. The zero-order chi connectivity index (χ0) is 19.4. The number of aliphatic hydroxyl groups is 1. The summed E-state index contributed by atoms with van der Waals surface area (Å²) in [5.41, 5.74) is 1.34. The van der Waals surface area contributed by atoms with Crippen molar-refractivity contribution in [2.24, 2.45) is 0 Å². The summed E-state index contributed by atoms with van der Waals surface area (Å²) in [7, 11) is 3.21. The van der Waals surface area contributed by atoms with E-state index < -0.39 is 0 Å². The fourth-order valence-electron chi connectivity index (χ4n) is 3.59. The third-order valence-corrected chi connectivity index (χ3v) is 4.96. The van der Waals surface area contributed by atoms with Gasteiger partial charge in [0.05, 0.1) is 13.2 Å². The van der Waals surface area contributed by atoms with E-state index in [0.29, 0.717) is 31.6 Å². The molecule has 1 aliphatic heterocycles. The van der Waals surface area contributed by atoms with Crippen LogP contribution in [0, 0.1) is 0 Å². The van der Waals surface area contributed by atoms with Crippen molar-refractivity contribution in [3.63, 3.8) is 0 Å².